The molecule has 4 aliphatic rings. The number of allylic oxidation sites excluding steroid dienone is 4. The van der Waals surface area contributed by atoms with E-state index < -0.39 is 58.4 Å². The lowest BCUT2D eigenvalue weighted by Crippen LogP contribution is -2.69. The van der Waals surface area contributed by atoms with Gasteiger partial charge in [-0.1, -0.05) is 37.1 Å². The first-order chi connectivity index (χ1) is 24.9. The van der Waals surface area contributed by atoms with Crippen molar-refractivity contribution in [1.82, 2.24) is 4.57 Å². The van der Waals surface area contributed by atoms with Crippen LogP contribution in [0.25, 0.3) is 10.9 Å². The predicted molar refractivity (Wildman–Crippen MR) is 196 cm³/mol. The second kappa shape index (κ2) is 13.6. The molecule has 3 aromatic rings. The fraction of sp³-hybridized carbons (Fsp3) is 0.463. The van der Waals surface area contributed by atoms with Crippen LogP contribution >= 0.6 is 11.6 Å². The fourth-order valence-corrected chi connectivity index (χ4v) is 10.3. The number of alkyl halides is 1. The van der Waals surface area contributed by atoms with Gasteiger partial charge in [-0.25, -0.2) is 4.39 Å². The van der Waals surface area contributed by atoms with E-state index in [1.807, 2.05) is 0 Å². The van der Waals surface area contributed by atoms with Crippen molar-refractivity contribution in [1.29, 1.82) is 0 Å². The molecule has 3 fully saturated rings. The van der Waals surface area contributed by atoms with Gasteiger partial charge in [0.1, 0.15) is 18.0 Å². The molecule has 12 heteroatoms. The molecular formula is C41H45ClFNO9. The average molecular weight is 750 g/mol. The van der Waals surface area contributed by atoms with Crippen LogP contribution in [0.5, 0.6) is 5.75 Å². The number of nitrogens with zero attached hydrogens (tertiary/aromatic N) is 1. The van der Waals surface area contributed by atoms with E-state index in [9.17, 15) is 39.6 Å². The second-order valence-corrected chi connectivity index (χ2v) is 15.9. The maximum atomic E-state index is 16.9. The Morgan fingerprint density at radius 3 is 2.40 bits per heavy atom. The Morgan fingerprint density at radius 2 is 1.77 bits per heavy atom. The van der Waals surface area contributed by atoms with E-state index in [1.165, 1.54) is 16.7 Å². The Morgan fingerprint density at radius 1 is 1.09 bits per heavy atom. The van der Waals surface area contributed by atoms with Crippen molar-refractivity contribution in [3.63, 3.8) is 0 Å². The third kappa shape index (κ3) is 5.70. The van der Waals surface area contributed by atoms with Crippen molar-refractivity contribution in [2.45, 2.75) is 77.2 Å². The van der Waals surface area contributed by atoms with E-state index in [0.717, 1.165) is 0 Å². The third-order valence-corrected chi connectivity index (χ3v) is 13.2. The van der Waals surface area contributed by atoms with Gasteiger partial charge in [0.2, 0.25) is 0 Å². The number of Topliss-reactive ketones (excluding diaryl/α,β-unsaturated/α-hetero) is 1. The zero-order valence-electron chi connectivity index (χ0n) is 30.4. The summed E-state index contributed by atoms with van der Waals surface area (Å²) in [6, 6.07) is 11.9. The second-order valence-electron chi connectivity index (χ2n) is 15.4. The number of aliphatic carboxylic acids is 1. The largest absolute Gasteiger partial charge is 0.497 e. The maximum Gasteiger partial charge on any atom is 0.307 e. The Hall–Kier alpha value is -4.16. The molecule has 0 bridgehead atoms. The van der Waals surface area contributed by atoms with Crippen LogP contribution in [0.3, 0.4) is 0 Å². The highest BCUT2D eigenvalue weighted by molar-refractivity contribution is 6.30. The number of carboxylic acid groups (broad SMARTS) is 1. The minimum absolute atomic E-state index is 0.0676. The van der Waals surface area contributed by atoms with E-state index in [2.05, 4.69) is 0 Å². The van der Waals surface area contributed by atoms with Crippen LogP contribution in [0.4, 0.5) is 4.39 Å². The van der Waals surface area contributed by atoms with Gasteiger partial charge in [0.15, 0.2) is 17.2 Å². The standard InChI is InChI=1S/C22H29FO5.C19H16ClNO4/c1-12-8-16-15-5-4-13-9-14(25)6-7-19(13,2)21(15,23)17(26)10-20(16,3)22(12,28)18(27)11-24;1-11-15(10-18(22)23)16-9-14(25-2)7-8-17(16)21(11)19(24)12-3-5-13(20)6-4-12/h6-7,9,12,15-17,24,26,28H,4-5,8,10-11H2,1-3H3;3-9H,10H2,1-2H3,(H,22,23)/t12-,15+,16+,17+,19+,20+,21+,22+;/m1./s1. The first-order valence-electron chi connectivity index (χ1n) is 17.8. The summed E-state index contributed by atoms with van der Waals surface area (Å²) < 4.78 is 23.6. The molecule has 0 spiro atoms. The van der Waals surface area contributed by atoms with E-state index >= 15 is 4.39 Å². The Bertz CT molecular complexity index is 2070. The van der Waals surface area contributed by atoms with Crippen molar-refractivity contribution in [3.05, 3.63) is 88.1 Å². The zero-order chi connectivity index (χ0) is 38.8. The number of aliphatic hydroxyl groups excluding tert-OH is 2. The SMILES string of the molecule is COc1ccc2c(c1)c(CC(=O)O)c(C)n2C(=O)c1ccc(Cl)cc1.C[C@@H]1C[C@H]2[C@@H]3CCC4=CC(=O)C=C[C@]4(C)[C@@]3(F)[C@@H](O)C[C@]2(C)[C@@]1(O)C(=O)CO. The monoisotopic (exact) mass is 749 g/mol. The van der Waals surface area contributed by atoms with Gasteiger partial charge in [-0.2, -0.15) is 0 Å². The molecule has 8 atom stereocenters. The summed E-state index contributed by atoms with van der Waals surface area (Å²) in [7, 11) is 1.54. The molecule has 2 aromatic carbocycles. The minimum atomic E-state index is -1.98. The number of aliphatic hydroxyl groups is 3. The van der Waals surface area contributed by atoms with E-state index in [-0.39, 0.29) is 30.4 Å². The molecule has 3 saturated carbocycles. The van der Waals surface area contributed by atoms with Gasteiger partial charge in [0.05, 0.1) is 25.2 Å². The fourth-order valence-electron chi connectivity index (χ4n) is 10.2. The van der Waals surface area contributed by atoms with Gasteiger partial charge in [-0.3, -0.25) is 23.7 Å². The molecule has 4 aliphatic carbocycles. The summed E-state index contributed by atoms with van der Waals surface area (Å²) in [5.74, 6) is -2.70. The summed E-state index contributed by atoms with van der Waals surface area (Å²) in [5, 5.41) is 42.4. The summed E-state index contributed by atoms with van der Waals surface area (Å²) >= 11 is 5.89. The number of halogens is 2. The van der Waals surface area contributed by atoms with Gasteiger partial charge in [0, 0.05) is 38.4 Å². The van der Waals surface area contributed by atoms with E-state index in [0.29, 0.717) is 63.3 Å². The Kier molecular flexibility index (Phi) is 9.90. The lowest BCUT2D eigenvalue weighted by molar-refractivity contribution is -0.219. The number of carbonyl (C=O) groups excluding carboxylic acids is 3. The van der Waals surface area contributed by atoms with Gasteiger partial charge < -0.3 is 25.2 Å². The summed E-state index contributed by atoms with van der Waals surface area (Å²) in [5.41, 5.74) is -2.84. The number of carboxylic acids is 1. The van der Waals surface area contributed by atoms with Crippen LogP contribution in [-0.2, 0) is 20.8 Å². The lowest BCUT2D eigenvalue weighted by atomic mass is 9.44. The maximum absolute atomic E-state index is 16.9. The minimum Gasteiger partial charge on any atom is -0.497 e. The van der Waals surface area contributed by atoms with Crippen molar-refractivity contribution < 1.29 is 48.7 Å². The number of ketones is 2. The van der Waals surface area contributed by atoms with Crippen molar-refractivity contribution in [3.8, 4) is 5.75 Å². The molecule has 0 saturated heterocycles. The van der Waals surface area contributed by atoms with Crippen molar-refractivity contribution in [2.75, 3.05) is 13.7 Å². The average Bonchev–Trinajstić information content (AvgIpc) is 3.50. The molecule has 1 heterocycles. The van der Waals surface area contributed by atoms with Crippen LogP contribution in [0, 0.1) is 35.5 Å². The quantitative estimate of drug-likeness (QED) is 0.243. The van der Waals surface area contributed by atoms with Gasteiger partial charge in [-0.05, 0) is 112 Å². The van der Waals surface area contributed by atoms with E-state index in [1.54, 1.807) is 83.3 Å². The topological polar surface area (TPSA) is 163 Å². The number of hydrogen-bond acceptors (Lipinski definition) is 8. The number of carbonyl (C=O) groups is 4. The number of hydrogen-bond donors (Lipinski definition) is 4. The summed E-state index contributed by atoms with van der Waals surface area (Å²) in [6.45, 7) is 6.23. The number of methoxy groups -OCH3 is 1. The normalized spacial score (nSPS) is 32.9. The highest BCUT2D eigenvalue weighted by Gasteiger charge is 2.75. The van der Waals surface area contributed by atoms with Crippen LogP contribution in [-0.4, -0.2) is 79.5 Å². The van der Waals surface area contributed by atoms with Crippen molar-refractivity contribution >= 4 is 45.9 Å². The van der Waals surface area contributed by atoms with Crippen LogP contribution < -0.4 is 4.74 Å². The molecule has 0 unspecified atom stereocenters. The molecule has 7 rings (SSSR count). The zero-order valence-corrected chi connectivity index (χ0v) is 31.1. The molecule has 10 nitrogen and oxygen atoms in total. The summed E-state index contributed by atoms with van der Waals surface area (Å²) in [6.07, 6.45) is 4.27. The highest BCUT2D eigenvalue weighted by Crippen LogP contribution is 2.70. The molecule has 282 valence electrons. The van der Waals surface area contributed by atoms with Crippen LogP contribution in [0.1, 0.15) is 68.1 Å². The number of fused-ring (bicyclic) bond motifs is 6. The van der Waals surface area contributed by atoms with Crippen molar-refractivity contribution in [2.24, 2.45) is 28.6 Å². The molecule has 4 N–H and O–H groups in total. The first kappa shape index (κ1) is 38.6. The molecule has 0 amide bonds. The predicted octanol–water partition coefficient (Wildman–Crippen LogP) is 5.82. The molecule has 1 aromatic heterocycles. The Labute approximate surface area is 311 Å². The van der Waals surface area contributed by atoms with Gasteiger partial charge >= 0.3 is 5.97 Å². The summed E-state index contributed by atoms with van der Waals surface area (Å²) in [4.78, 5) is 48.6. The molecule has 0 radical (unpaired) electrons. The lowest BCUT2D eigenvalue weighted by Gasteiger charge is -2.62. The first-order valence-corrected chi connectivity index (χ1v) is 18.1. The Balaban J connectivity index is 0.000000183. The number of aromatic nitrogens is 1. The van der Waals surface area contributed by atoms with Gasteiger partial charge in [-0.15, -0.1) is 0 Å². The molecule has 53 heavy (non-hydrogen) atoms. The number of ether oxygens (including phenoxy) is 1. The molecular weight excluding hydrogens is 705 g/mol. The number of benzene rings is 2. The molecule has 0 aliphatic heterocycles. The van der Waals surface area contributed by atoms with Gasteiger partial charge in [0.25, 0.3) is 5.91 Å². The van der Waals surface area contributed by atoms with Crippen LogP contribution in [0.2, 0.25) is 5.02 Å². The number of rotatable bonds is 6. The third-order valence-electron chi connectivity index (χ3n) is 13.0. The smallest absolute Gasteiger partial charge is 0.307 e. The van der Waals surface area contributed by atoms with E-state index in [4.69, 9.17) is 16.3 Å². The highest BCUT2D eigenvalue weighted by atomic mass is 35.5. The van der Waals surface area contributed by atoms with Crippen LogP contribution in [0.15, 0.2) is 66.3 Å².